The number of benzene rings is 1. The Morgan fingerprint density at radius 3 is 2.40 bits per heavy atom. The molecule has 0 unspecified atom stereocenters. The van der Waals surface area contributed by atoms with Crippen molar-refractivity contribution in [3.05, 3.63) is 54.0 Å². The fraction of sp³-hybridized carbons (Fsp3) is 0.333. The normalized spacial score (nSPS) is 11.9. The van der Waals surface area contributed by atoms with E-state index in [9.17, 15) is 8.42 Å². The fourth-order valence-corrected chi connectivity index (χ4v) is 3.14. The Hall–Kier alpha value is -1.59. The average Bonchev–Trinajstić information content (AvgIpc) is 2.92. The molecule has 1 aromatic heterocycles. The van der Waals surface area contributed by atoms with Gasteiger partial charge >= 0.3 is 0 Å². The molecule has 1 aromatic carbocycles. The van der Waals surface area contributed by atoms with Crippen molar-refractivity contribution < 1.29 is 12.8 Å². The van der Waals surface area contributed by atoms with Crippen LogP contribution < -0.4 is 0 Å². The van der Waals surface area contributed by atoms with E-state index in [1.807, 2.05) is 12.1 Å². The Morgan fingerprint density at radius 2 is 1.85 bits per heavy atom. The van der Waals surface area contributed by atoms with Crippen molar-refractivity contribution in [2.24, 2.45) is 0 Å². The summed E-state index contributed by atoms with van der Waals surface area (Å²) in [6.07, 6.45) is 3.54. The highest BCUT2D eigenvalue weighted by atomic mass is 32.2. The molecule has 108 valence electrons. The van der Waals surface area contributed by atoms with Crippen LogP contribution in [-0.2, 0) is 23.0 Å². The molecule has 0 radical (unpaired) electrons. The first-order chi connectivity index (χ1) is 9.54. The van der Waals surface area contributed by atoms with Gasteiger partial charge in [0.1, 0.15) is 5.76 Å². The topological polar surface area (TPSA) is 50.5 Å². The summed E-state index contributed by atoms with van der Waals surface area (Å²) < 4.78 is 31.3. The van der Waals surface area contributed by atoms with E-state index in [0.29, 0.717) is 10.7 Å². The van der Waals surface area contributed by atoms with Gasteiger partial charge in [-0.05, 0) is 36.2 Å². The third-order valence-corrected chi connectivity index (χ3v) is 4.95. The Kier molecular flexibility index (Phi) is 4.62. The summed E-state index contributed by atoms with van der Waals surface area (Å²) in [7, 11) is -1.92. The number of rotatable bonds is 6. The van der Waals surface area contributed by atoms with Gasteiger partial charge < -0.3 is 4.42 Å². The van der Waals surface area contributed by atoms with Crippen molar-refractivity contribution in [3.8, 4) is 0 Å². The van der Waals surface area contributed by atoms with Crippen molar-refractivity contribution in [1.82, 2.24) is 4.31 Å². The summed E-state index contributed by atoms with van der Waals surface area (Å²) in [6.45, 7) is 2.33. The number of hydrogen-bond donors (Lipinski definition) is 0. The maximum Gasteiger partial charge on any atom is 0.243 e. The molecule has 5 heteroatoms. The van der Waals surface area contributed by atoms with E-state index in [-0.39, 0.29) is 6.54 Å². The van der Waals surface area contributed by atoms with Crippen LogP contribution in [0.15, 0.2) is 52.0 Å². The van der Waals surface area contributed by atoms with E-state index >= 15 is 0 Å². The first kappa shape index (κ1) is 14.8. The van der Waals surface area contributed by atoms with Gasteiger partial charge in [0.05, 0.1) is 17.7 Å². The van der Waals surface area contributed by atoms with E-state index in [2.05, 4.69) is 6.92 Å². The molecule has 0 atom stereocenters. The quantitative estimate of drug-likeness (QED) is 0.822. The van der Waals surface area contributed by atoms with Gasteiger partial charge in [-0.15, -0.1) is 0 Å². The molecule has 2 aromatic rings. The summed E-state index contributed by atoms with van der Waals surface area (Å²) in [5.41, 5.74) is 1.15. The largest absolute Gasteiger partial charge is 0.468 e. The highest BCUT2D eigenvalue weighted by molar-refractivity contribution is 7.89. The number of hydrogen-bond acceptors (Lipinski definition) is 3. The summed E-state index contributed by atoms with van der Waals surface area (Å²) >= 11 is 0. The third kappa shape index (κ3) is 3.29. The maximum absolute atomic E-state index is 12.4. The molecular weight excluding hydrogens is 274 g/mol. The minimum absolute atomic E-state index is 0.228. The van der Waals surface area contributed by atoms with Gasteiger partial charge in [-0.3, -0.25) is 0 Å². The summed E-state index contributed by atoms with van der Waals surface area (Å²) in [5.74, 6) is 0.624. The predicted octanol–water partition coefficient (Wildman–Crippen LogP) is 3.05. The van der Waals surface area contributed by atoms with Crippen LogP contribution in [0.5, 0.6) is 0 Å². The molecule has 0 aliphatic carbocycles. The van der Waals surface area contributed by atoms with E-state index < -0.39 is 10.0 Å². The molecule has 0 amide bonds. The van der Waals surface area contributed by atoms with Gasteiger partial charge in [0.15, 0.2) is 0 Å². The summed E-state index contributed by atoms with van der Waals surface area (Å²) in [4.78, 5) is 0.311. The molecule has 0 aliphatic heterocycles. The van der Waals surface area contributed by atoms with Gasteiger partial charge in [0.25, 0.3) is 0 Å². The van der Waals surface area contributed by atoms with Gasteiger partial charge in [-0.2, -0.15) is 4.31 Å². The molecule has 20 heavy (non-hydrogen) atoms. The second-order valence-electron chi connectivity index (χ2n) is 4.73. The smallest absolute Gasteiger partial charge is 0.243 e. The predicted molar refractivity (Wildman–Crippen MR) is 77.8 cm³/mol. The monoisotopic (exact) mass is 293 g/mol. The van der Waals surface area contributed by atoms with E-state index in [1.54, 1.807) is 31.3 Å². The first-order valence-electron chi connectivity index (χ1n) is 6.61. The molecule has 0 saturated carbocycles. The van der Waals surface area contributed by atoms with Gasteiger partial charge in [0.2, 0.25) is 10.0 Å². The van der Waals surface area contributed by atoms with Crippen molar-refractivity contribution in [2.45, 2.75) is 31.2 Å². The first-order valence-corrected chi connectivity index (χ1v) is 8.05. The minimum Gasteiger partial charge on any atom is -0.468 e. The lowest BCUT2D eigenvalue weighted by molar-refractivity contribution is 0.406. The number of aryl methyl sites for hydroxylation is 1. The molecule has 4 nitrogen and oxygen atoms in total. The van der Waals surface area contributed by atoms with Crippen molar-refractivity contribution in [1.29, 1.82) is 0 Å². The average molecular weight is 293 g/mol. The van der Waals surface area contributed by atoms with Crippen LogP contribution in [0.2, 0.25) is 0 Å². The van der Waals surface area contributed by atoms with E-state index in [0.717, 1.165) is 18.4 Å². The lowest BCUT2D eigenvalue weighted by atomic mass is 10.1. The van der Waals surface area contributed by atoms with Crippen LogP contribution in [0.25, 0.3) is 0 Å². The SMILES string of the molecule is CCCc1ccc(S(=O)(=O)N(C)Cc2ccco2)cc1. The Morgan fingerprint density at radius 1 is 1.15 bits per heavy atom. The second-order valence-corrected chi connectivity index (χ2v) is 6.78. The molecule has 0 saturated heterocycles. The number of sulfonamides is 1. The minimum atomic E-state index is -3.47. The summed E-state index contributed by atoms with van der Waals surface area (Å²) in [5, 5.41) is 0. The van der Waals surface area contributed by atoms with Crippen molar-refractivity contribution in [2.75, 3.05) is 7.05 Å². The van der Waals surface area contributed by atoms with Crippen LogP contribution in [0, 0.1) is 0 Å². The Balaban J connectivity index is 2.16. The lowest BCUT2D eigenvalue weighted by Gasteiger charge is -2.16. The highest BCUT2D eigenvalue weighted by Crippen LogP contribution is 2.18. The molecule has 0 N–H and O–H groups in total. The lowest BCUT2D eigenvalue weighted by Crippen LogP contribution is -2.26. The van der Waals surface area contributed by atoms with Gasteiger partial charge in [0, 0.05) is 7.05 Å². The van der Waals surface area contributed by atoms with Crippen LogP contribution in [-0.4, -0.2) is 19.8 Å². The van der Waals surface area contributed by atoms with E-state index in [4.69, 9.17) is 4.42 Å². The Labute approximate surface area is 120 Å². The van der Waals surface area contributed by atoms with Gasteiger partial charge in [-0.25, -0.2) is 8.42 Å². The molecule has 0 spiro atoms. The van der Waals surface area contributed by atoms with Crippen molar-refractivity contribution in [3.63, 3.8) is 0 Å². The van der Waals surface area contributed by atoms with Crippen LogP contribution in [0.1, 0.15) is 24.7 Å². The fourth-order valence-electron chi connectivity index (χ4n) is 2.00. The second kappa shape index (κ2) is 6.24. The zero-order chi connectivity index (χ0) is 14.6. The van der Waals surface area contributed by atoms with E-state index in [1.165, 1.54) is 10.6 Å². The molecule has 0 fully saturated rings. The molecule has 1 heterocycles. The third-order valence-electron chi connectivity index (χ3n) is 3.13. The number of nitrogens with zero attached hydrogens (tertiary/aromatic N) is 1. The summed E-state index contributed by atoms with van der Waals surface area (Å²) in [6, 6.07) is 10.6. The highest BCUT2D eigenvalue weighted by Gasteiger charge is 2.21. The molecule has 2 rings (SSSR count). The van der Waals surface area contributed by atoms with Crippen LogP contribution >= 0.6 is 0 Å². The molecular formula is C15H19NO3S. The molecule has 0 aliphatic rings. The zero-order valence-corrected chi connectivity index (χ0v) is 12.6. The van der Waals surface area contributed by atoms with Crippen molar-refractivity contribution >= 4 is 10.0 Å². The van der Waals surface area contributed by atoms with Crippen LogP contribution in [0.4, 0.5) is 0 Å². The Bertz CT molecular complexity index is 630. The maximum atomic E-state index is 12.4. The van der Waals surface area contributed by atoms with Gasteiger partial charge in [-0.1, -0.05) is 25.5 Å². The zero-order valence-electron chi connectivity index (χ0n) is 11.7. The number of furan rings is 1. The molecule has 0 bridgehead atoms. The standard InChI is InChI=1S/C15H19NO3S/c1-3-5-13-7-9-15(10-8-13)20(17,18)16(2)12-14-6-4-11-19-14/h4,6-11H,3,5,12H2,1-2H3. The van der Waals surface area contributed by atoms with Crippen LogP contribution in [0.3, 0.4) is 0 Å².